The van der Waals surface area contributed by atoms with Crippen LogP contribution in [0.2, 0.25) is 5.02 Å². The number of carbonyl (C=O) groups excluding carboxylic acids is 1. The van der Waals surface area contributed by atoms with E-state index in [1.807, 2.05) is 12.1 Å². The van der Waals surface area contributed by atoms with Crippen molar-refractivity contribution in [2.75, 3.05) is 0 Å². The van der Waals surface area contributed by atoms with Crippen molar-refractivity contribution in [3.63, 3.8) is 0 Å². The highest BCUT2D eigenvalue weighted by Crippen LogP contribution is 2.35. The topological polar surface area (TPSA) is 45.8 Å². The van der Waals surface area contributed by atoms with E-state index >= 15 is 0 Å². The fraction of sp³-hybridized carbons (Fsp3) is 0.286. The van der Waals surface area contributed by atoms with Crippen LogP contribution >= 0.6 is 11.6 Å². The Bertz CT molecular complexity index is 573. The van der Waals surface area contributed by atoms with Crippen molar-refractivity contribution < 1.29 is 4.79 Å². The van der Waals surface area contributed by atoms with Crippen molar-refractivity contribution in [3.8, 4) is 11.1 Å². The van der Waals surface area contributed by atoms with Crippen LogP contribution in [0.25, 0.3) is 11.1 Å². The molecule has 1 heterocycles. The maximum absolute atomic E-state index is 12.1. The second kappa shape index (κ2) is 4.58. The first-order valence-corrected chi connectivity index (χ1v) is 6.44. The molecule has 0 saturated heterocycles. The number of hydrogen-bond acceptors (Lipinski definition) is 2. The van der Waals surface area contributed by atoms with Crippen LogP contribution in [-0.2, 0) is 0 Å². The summed E-state index contributed by atoms with van der Waals surface area (Å²) >= 11 is 6.11. The molecule has 1 aliphatic carbocycles. The average Bonchev–Trinajstić information content (AvgIpc) is 3.01. The summed E-state index contributed by atoms with van der Waals surface area (Å²) in [5.74, 6) is 0.721. The fourth-order valence-corrected chi connectivity index (χ4v) is 2.24. The Hall–Kier alpha value is -1.61. The molecule has 1 N–H and O–H groups in total. The second-order valence-corrected chi connectivity index (χ2v) is 5.16. The first-order valence-electron chi connectivity index (χ1n) is 6.06. The highest BCUT2D eigenvalue weighted by molar-refractivity contribution is 6.34. The van der Waals surface area contributed by atoms with Gasteiger partial charge in [0.1, 0.15) is 0 Å². The number of aromatic amines is 1. The highest BCUT2D eigenvalue weighted by Gasteiger charge is 2.25. The molecule has 1 aromatic heterocycles. The fourth-order valence-electron chi connectivity index (χ4n) is 2.02. The summed E-state index contributed by atoms with van der Waals surface area (Å²) in [7, 11) is 0. The zero-order valence-corrected chi connectivity index (χ0v) is 10.6. The minimum Gasteiger partial charge on any atom is -0.294 e. The van der Waals surface area contributed by atoms with Gasteiger partial charge in [-0.25, -0.2) is 0 Å². The van der Waals surface area contributed by atoms with Crippen molar-refractivity contribution in [1.29, 1.82) is 0 Å². The Labute approximate surface area is 110 Å². The number of Topliss-reactive ketones (excluding diaryl/α,β-unsaturated/α-hetero) is 1. The summed E-state index contributed by atoms with van der Waals surface area (Å²) in [6, 6.07) is 5.54. The molecule has 1 aliphatic rings. The number of aromatic nitrogens is 2. The van der Waals surface area contributed by atoms with Gasteiger partial charge in [0.2, 0.25) is 0 Å². The van der Waals surface area contributed by atoms with E-state index < -0.39 is 0 Å². The van der Waals surface area contributed by atoms with E-state index in [-0.39, 0.29) is 5.78 Å². The summed E-state index contributed by atoms with van der Waals surface area (Å²) < 4.78 is 0. The van der Waals surface area contributed by atoms with Gasteiger partial charge in [0, 0.05) is 23.7 Å². The molecule has 18 heavy (non-hydrogen) atoms. The predicted molar refractivity (Wildman–Crippen MR) is 70.7 cm³/mol. The minimum atomic E-state index is 0.146. The van der Waals surface area contributed by atoms with Crippen LogP contribution in [0.3, 0.4) is 0 Å². The predicted octanol–water partition coefficient (Wildman–Crippen LogP) is 3.71. The van der Waals surface area contributed by atoms with Gasteiger partial charge in [-0.2, -0.15) is 5.10 Å². The first-order chi connectivity index (χ1) is 8.74. The number of halogens is 1. The van der Waals surface area contributed by atoms with Gasteiger partial charge in [-0.1, -0.05) is 17.7 Å². The third-order valence-corrected chi connectivity index (χ3v) is 3.60. The van der Waals surface area contributed by atoms with E-state index in [4.69, 9.17) is 11.6 Å². The lowest BCUT2D eigenvalue weighted by molar-refractivity contribution is 0.0976. The van der Waals surface area contributed by atoms with Gasteiger partial charge in [-0.15, -0.1) is 0 Å². The van der Waals surface area contributed by atoms with E-state index in [0.717, 1.165) is 11.1 Å². The van der Waals surface area contributed by atoms with E-state index in [2.05, 4.69) is 10.2 Å². The third kappa shape index (κ3) is 2.31. The largest absolute Gasteiger partial charge is 0.294 e. The summed E-state index contributed by atoms with van der Waals surface area (Å²) in [5, 5.41) is 7.21. The standard InChI is InChI=1S/C14H13ClN2O/c15-13-4-3-10(11-7-16-17-8-11)6-12(13)14(18)5-9-1-2-9/h3-4,6-9H,1-2,5H2,(H,16,17). The lowest BCUT2D eigenvalue weighted by atomic mass is 10.0. The molecular weight excluding hydrogens is 248 g/mol. The number of ketones is 1. The van der Waals surface area contributed by atoms with Gasteiger partial charge in [0.25, 0.3) is 0 Å². The molecule has 0 aliphatic heterocycles. The molecule has 92 valence electrons. The van der Waals surface area contributed by atoms with E-state index in [1.54, 1.807) is 18.5 Å². The van der Waals surface area contributed by atoms with Gasteiger partial charge >= 0.3 is 0 Å². The molecule has 1 saturated carbocycles. The Morgan fingerprint density at radius 1 is 1.39 bits per heavy atom. The molecule has 1 fully saturated rings. The van der Waals surface area contributed by atoms with Gasteiger partial charge in [0.15, 0.2) is 5.78 Å². The van der Waals surface area contributed by atoms with Crippen molar-refractivity contribution in [2.24, 2.45) is 5.92 Å². The smallest absolute Gasteiger partial charge is 0.164 e. The van der Waals surface area contributed by atoms with E-state index in [9.17, 15) is 4.79 Å². The van der Waals surface area contributed by atoms with E-state index in [1.165, 1.54) is 12.8 Å². The van der Waals surface area contributed by atoms with Gasteiger partial charge < -0.3 is 0 Å². The Morgan fingerprint density at radius 2 is 2.22 bits per heavy atom. The van der Waals surface area contributed by atoms with Crippen molar-refractivity contribution in [2.45, 2.75) is 19.3 Å². The number of rotatable bonds is 4. The Morgan fingerprint density at radius 3 is 2.89 bits per heavy atom. The normalized spacial score (nSPS) is 14.7. The van der Waals surface area contributed by atoms with Crippen LogP contribution in [0.1, 0.15) is 29.6 Å². The van der Waals surface area contributed by atoms with Crippen molar-refractivity contribution in [3.05, 3.63) is 41.2 Å². The monoisotopic (exact) mass is 260 g/mol. The second-order valence-electron chi connectivity index (χ2n) is 4.75. The summed E-state index contributed by atoms with van der Waals surface area (Å²) in [6.07, 6.45) is 6.50. The molecule has 0 spiro atoms. The first kappa shape index (κ1) is 11.5. The number of carbonyl (C=O) groups is 1. The third-order valence-electron chi connectivity index (χ3n) is 3.27. The van der Waals surface area contributed by atoms with Crippen molar-refractivity contribution in [1.82, 2.24) is 10.2 Å². The number of nitrogens with one attached hydrogen (secondary N) is 1. The lowest BCUT2D eigenvalue weighted by Gasteiger charge is -2.05. The average molecular weight is 261 g/mol. The Balaban J connectivity index is 1.92. The minimum absolute atomic E-state index is 0.146. The lowest BCUT2D eigenvalue weighted by Crippen LogP contribution is -2.01. The molecule has 0 atom stereocenters. The number of hydrogen-bond donors (Lipinski definition) is 1. The summed E-state index contributed by atoms with van der Waals surface area (Å²) in [6.45, 7) is 0. The summed E-state index contributed by atoms with van der Waals surface area (Å²) in [4.78, 5) is 12.1. The maximum atomic E-state index is 12.1. The number of H-pyrrole nitrogens is 1. The summed E-state index contributed by atoms with van der Waals surface area (Å²) in [5.41, 5.74) is 2.56. The molecule has 0 radical (unpaired) electrons. The van der Waals surface area contributed by atoms with Crippen LogP contribution in [-0.4, -0.2) is 16.0 Å². The number of benzene rings is 1. The van der Waals surface area contributed by atoms with Crippen LogP contribution in [0.5, 0.6) is 0 Å². The zero-order chi connectivity index (χ0) is 12.5. The van der Waals surface area contributed by atoms with Gasteiger partial charge in [-0.05, 0) is 36.5 Å². The SMILES string of the molecule is O=C(CC1CC1)c1cc(-c2cn[nH]c2)ccc1Cl. The van der Waals surface area contributed by atoms with Crippen molar-refractivity contribution >= 4 is 17.4 Å². The number of nitrogens with zero attached hydrogens (tertiary/aromatic N) is 1. The molecule has 4 heteroatoms. The Kier molecular flexibility index (Phi) is 2.92. The molecule has 1 aromatic carbocycles. The molecule has 3 rings (SSSR count). The molecule has 2 aromatic rings. The van der Waals surface area contributed by atoms with E-state index in [0.29, 0.717) is 22.9 Å². The highest BCUT2D eigenvalue weighted by atomic mass is 35.5. The zero-order valence-electron chi connectivity index (χ0n) is 9.82. The molecular formula is C14H13ClN2O. The van der Waals surface area contributed by atoms with Crippen LogP contribution < -0.4 is 0 Å². The molecule has 3 nitrogen and oxygen atoms in total. The molecule has 0 bridgehead atoms. The van der Waals surface area contributed by atoms with Crippen LogP contribution in [0.15, 0.2) is 30.6 Å². The van der Waals surface area contributed by atoms with Gasteiger partial charge in [0.05, 0.1) is 11.2 Å². The quantitative estimate of drug-likeness (QED) is 0.852. The van der Waals surface area contributed by atoms with Crippen LogP contribution in [0, 0.1) is 5.92 Å². The van der Waals surface area contributed by atoms with Gasteiger partial charge in [-0.3, -0.25) is 9.89 Å². The maximum Gasteiger partial charge on any atom is 0.164 e. The molecule has 0 amide bonds. The molecule has 0 unspecified atom stereocenters. The van der Waals surface area contributed by atoms with Crippen LogP contribution in [0.4, 0.5) is 0 Å².